The van der Waals surface area contributed by atoms with Crippen LogP contribution in [0.5, 0.6) is 0 Å². The topological polar surface area (TPSA) is 21.3 Å². The van der Waals surface area contributed by atoms with E-state index in [1.807, 2.05) is 0 Å². The van der Waals surface area contributed by atoms with Gasteiger partial charge in [0, 0.05) is 19.2 Å². The van der Waals surface area contributed by atoms with Crippen molar-refractivity contribution in [2.75, 3.05) is 13.2 Å². The molecule has 1 heterocycles. The van der Waals surface area contributed by atoms with Gasteiger partial charge >= 0.3 is 0 Å². The number of hydrogen-bond donors (Lipinski definition) is 1. The first-order chi connectivity index (χ1) is 8.97. The SMILES string of the molecule is CC(NCc1ccc([Si](C)(C)C)cc1)C1CCOC1. The van der Waals surface area contributed by atoms with Crippen LogP contribution in [0.4, 0.5) is 0 Å². The summed E-state index contributed by atoms with van der Waals surface area (Å²) in [5, 5.41) is 5.17. The maximum absolute atomic E-state index is 5.45. The number of ether oxygens (including phenoxy) is 1. The fourth-order valence-electron chi connectivity index (χ4n) is 2.52. The van der Waals surface area contributed by atoms with E-state index in [9.17, 15) is 0 Å². The van der Waals surface area contributed by atoms with Crippen molar-refractivity contribution in [3.8, 4) is 0 Å². The molecule has 1 aliphatic heterocycles. The molecule has 2 unspecified atom stereocenters. The highest BCUT2D eigenvalue weighted by molar-refractivity contribution is 6.88. The van der Waals surface area contributed by atoms with E-state index in [1.165, 1.54) is 17.2 Å². The summed E-state index contributed by atoms with van der Waals surface area (Å²) in [4.78, 5) is 0. The van der Waals surface area contributed by atoms with Gasteiger partial charge in [0.1, 0.15) is 0 Å². The fraction of sp³-hybridized carbons (Fsp3) is 0.625. The molecular formula is C16H27NOSi. The summed E-state index contributed by atoms with van der Waals surface area (Å²) in [5.74, 6) is 0.682. The summed E-state index contributed by atoms with van der Waals surface area (Å²) in [6.07, 6.45) is 1.20. The first-order valence-corrected chi connectivity index (χ1v) is 10.9. The Morgan fingerprint density at radius 3 is 2.47 bits per heavy atom. The van der Waals surface area contributed by atoms with Crippen LogP contribution in [-0.4, -0.2) is 27.3 Å². The highest BCUT2D eigenvalue weighted by Crippen LogP contribution is 2.16. The fourth-order valence-corrected chi connectivity index (χ4v) is 3.68. The molecule has 3 heteroatoms. The third-order valence-corrected chi connectivity index (χ3v) is 6.19. The van der Waals surface area contributed by atoms with Gasteiger partial charge in [-0.3, -0.25) is 0 Å². The van der Waals surface area contributed by atoms with Crippen LogP contribution >= 0.6 is 0 Å². The van der Waals surface area contributed by atoms with Gasteiger partial charge in [-0.15, -0.1) is 0 Å². The van der Waals surface area contributed by atoms with Crippen LogP contribution in [0.1, 0.15) is 18.9 Å². The number of benzene rings is 1. The Morgan fingerprint density at radius 2 is 1.95 bits per heavy atom. The number of hydrogen-bond acceptors (Lipinski definition) is 2. The Balaban J connectivity index is 1.86. The first-order valence-electron chi connectivity index (χ1n) is 7.37. The Morgan fingerprint density at radius 1 is 1.26 bits per heavy atom. The van der Waals surface area contributed by atoms with Crippen LogP contribution in [0.2, 0.25) is 19.6 Å². The van der Waals surface area contributed by atoms with E-state index >= 15 is 0 Å². The second-order valence-electron chi connectivity index (χ2n) is 6.74. The third-order valence-electron chi connectivity index (χ3n) is 4.12. The smallest absolute Gasteiger partial charge is 0.0775 e. The van der Waals surface area contributed by atoms with Gasteiger partial charge in [0.2, 0.25) is 0 Å². The molecule has 0 aromatic heterocycles. The zero-order chi connectivity index (χ0) is 13.9. The lowest BCUT2D eigenvalue weighted by molar-refractivity contribution is 0.178. The molecule has 1 saturated heterocycles. The van der Waals surface area contributed by atoms with Crippen molar-refractivity contribution in [2.24, 2.45) is 5.92 Å². The number of nitrogens with one attached hydrogen (secondary N) is 1. The van der Waals surface area contributed by atoms with Crippen molar-refractivity contribution in [3.05, 3.63) is 29.8 Å². The van der Waals surface area contributed by atoms with Gasteiger partial charge in [-0.2, -0.15) is 0 Å². The molecule has 1 aliphatic rings. The summed E-state index contributed by atoms with van der Waals surface area (Å²) in [6.45, 7) is 12.3. The van der Waals surface area contributed by atoms with Gasteiger partial charge in [-0.1, -0.05) is 49.1 Å². The average molecular weight is 277 g/mol. The minimum absolute atomic E-state index is 0.541. The van der Waals surface area contributed by atoms with E-state index in [2.05, 4.69) is 56.1 Å². The molecule has 19 heavy (non-hydrogen) atoms. The summed E-state index contributed by atoms with van der Waals surface area (Å²) in [6, 6.07) is 9.72. The minimum atomic E-state index is -1.16. The van der Waals surface area contributed by atoms with Crippen LogP contribution in [0.25, 0.3) is 0 Å². The Hall–Kier alpha value is -0.643. The lowest BCUT2D eigenvalue weighted by Gasteiger charge is -2.20. The molecule has 0 aliphatic carbocycles. The molecule has 2 rings (SSSR count). The van der Waals surface area contributed by atoms with Gasteiger partial charge < -0.3 is 10.1 Å². The molecule has 2 atom stereocenters. The van der Waals surface area contributed by atoms with Crippen molar-refractivity contribution in [3.63, 3.8) is 0 Å². The van der Waals surface area contributed by atoms with Crippen molar-refractivity contribution in [1.29, 1.82) is 0 Å². The molecule has 2 nitrogen and oxygen atoms in total. The molecule has 1 aromatic carbocycles. The van der Waals surface area contributed by atoms with Gasteiger partial charge in [0.05, 0.1) is 14.7 Å². The summed E-state index contributed by atoms with van der Waals surface area (Å²) in [5.41, 5.74) is 1.38. The van der Waals surface area contributed by atoms with E-state index in [-0.39, 0.29) is 0 Å². The number of rotatable bonds is 5. The van der Waals surface area contributed by atoms with E-state index in [1.54, 1.807) is 0 Å². The van der Waals surface area contributed by atoms with E-state index < -0.39 is 8.07 Å². The van der Waals surface area contributed by atoms with Gasteiger partial charge in [0.15, 0.2) is 0 Å². The Labute approximate surface area is 118 Å². The van der Waals surface area contributed by atoms with Crippen LogP contribution in [0, 0.1) is 5.92 Å². The molecule has 0 radical (unpaired) electrons. The minimum Gasteiger partial charge on any atom is -0.381 e. The summed E-state index contributed by atoms with van der Waals surface area (Å²) < 4.78 is 5.45. The quantitative estimate of drug-likeness (QED) is 0.836. The standard InChI is InChI=1S/C16H27NOSi/c1-13(15-9-10-18-12-15)17-11-14-5-7-16(8-6-14)19(2,3)4/h5-8,13,15,17H,9-12H2,1-4H3. The molecule has 0 amide bonds. The molecule has 106 valence electrons. The molecule has 1 aromatic rings. The van der Waals surface area contributed by atoms with E-state index in [4.69, 9.17) is 4.74 Å². The van der Waals surface area contributed by atoms with Gasteiger partial charge in [-0.05, 0) is 24.8 Å². The van der Waals surface area contributed by atoms with Gasteiger partial charge in [-0.25, -0.2) is 0 Å². The first kappa shape index (κ1) is 14.8. The maximum Gasteiger partial charge on any atom is 0.0775 e. The summed E-state index contributed by atoms with van der Waals surface area (Å²) in [7, 11) is -1.16. The molecular weight excluding hydrogens is 250 g/mol. The van der Waals surface area contributed by atoms with Crippen molar-refractivity contribution >= 4 is 13.3 Å². The molecule has 0 saturated carbocycles. The predicted molar refractivity (Wildman–Crippen MR) is 84.6 cm³/mol. The lowest BCUT2D eigenvalue weighted by atomic mass is 10.0. The van der Waals surface area contributed by atoms with Crippen molar-refractivity contribution < 1.29 is 4.74 Å². The highest BCUT2D eigenvalue weighted by atomic mass is 28.3. The molecule has 0 bridgehead atoms. The monoisotopic (exact) mass is 277 g/mol. The zero-order valence-corrected chi connectivity index (χ0v) is 13.7. The molecule has 0 spiro atoms. The van der Waals surface area contributed by atoms with E-state index in [0.717, 1.165) is 19.8 Å². The van der Waals surface area contributed by atoms with E-state index in [0.29, 0.717) is 12.0 Å². The van der Waals surface area contributed by atoms with Crippen LogP contribution < -0.4 is 10.5 Å². The largest absolute Gasteiger partial charge is 0.381 e. The van der Waals surface area contributed by atoms with Crippen LogP contribution in [0.3, 0.4) is 0 Å². The maximum atomic E-state index is 5.45. The van der Waals surface area contributed by atoms with Crippen molar-refractivity contribution in [1.82, 2.24) is 5.32 Å². The molecule has 1 fully saturated rings. The second-order valence-corrected chi connectivity index (χ2v) is 11.8. The second kappa shape index (κ2) is 6.20. The van der Waals surface area contributed by atoms with Crippen molar-refractivity contribution in [2.45, 2.75) is 45.6 Å². The average Bonchev–Trinajstić information content (AvgIpc) is 2.89. The Kier molecular flexibility index (Phi) is 4.82. The lowest BCUT2D eigenvalue weighted by Crippen LogP contribution is -2.37. The Bertz CT molecular complexity index is 390. The normalized spacial score (nSPS) is 21.6. The molecule has 1 N–H and O–H groups in total. The zero-order valence-electron chi connectivity index (χ0n) is 12.7. The van der Waals surface area contributed by atoms with Crippen LogP contribution in [-0.2, 0) is 11.3 Å². The van der Waals surface area contributed by atoms with Crippen LogP contribution in [0.15, 0.2) is 24.3 Å². The van der Waals surface area contributed by atoms with Gasteiger partial charge in [0.25, 0.3) is 0 Å². The summed E-state index contributed by atoms with van der Waals surface area (Å²) >= 11 is 0. The predicted octanol–water partition coefficient (Wildman–Crippen LogP) is 2.75. The highest BCUT2D eigenvalue weighted by Gasteiger charge is 2.21. The third kappa shape index (κ3) is 4.16.